The molecule has 0 heterocycles. The number of benzene rings is 2. The molecule has 3 amide bonds. The summed E-state index contributed by atoms with van der Waals surface area (Å²) in [6, 6.07) is 10.5. The van der Waals surface area contributed by atoms with Gasteiger partial charge in [0.15, 0.2) is 0 Å². The zero-order valence-electron chi connectivity index (χ0n) is 17.0. The molecule has 0 bridgehead atoms. The van der Waals surface area contributed by atoms with Gasteiger partial charge in [-0.25, -0.2) is 0 Å². The van der Waals surface area contributed by atoms with Gasteiger partial charge in [0.2, 0.25) is 17.7 Å². The molecule has 0 spiro atoms. The van der Waals surface area contributed by atoms with E-state index in [1.165, 1.54) is 0 Å². The van der Waals surface area contributed by atoms with Gasteiger partial charge in [0, 0.05) is 17.1 Å². The second-order valence-corrected chi connectivity index (χ2v) is 7.18. The van der Waals surface area contributed by atoms with Gasteiger partial charge in [-0.05, 0) is 23.8 Å². The molecular weight excluding hydrogens is 372 g/mol. The van der Waals surface area contributed by atoms with Crippen molar-refractivity contribution >= 4 is 34.2 Å². The van der Waals surface area contributed by atoms with Crippen LogP contribution in [0.5, 0.6) is 5.75 Å². The third-order valence-electron chi connectivity index (χ3n) is 4.26. The summed E-state index contributed by atoms with van der Waals surface area (Å²) in [5.41, 5.74) is 6.32. The lowest BCUT2D eigenvalue weighted by molar-refractivity contribution is -0.127. The first-order valence-corrected chi connectivity index (χ1v) is 9.46. The van der Waals surface area contributed by atoms with Crippen LogP contribution >= 0.6 is 0 Å². The third-order valence-corrected chi connectivity index (χ3v) is 4.26. The number of hydrogen-bond donors (Lipinski definition) is 4. The van der Waals surface area contributed by atoms with Crippen LogP contribution in [-0.4, -0.2) is 44.0 Å². The lowest BCUT2D eigenvalue weighted by Crippen LogP contribution is -2.46. The van der Waals surface area contributed by atoms with Crippen LogP contribution in [0.3, 0.4) is 0 Å². The Morgan fingerprint density at radius 1 is 1.03 bits per heavy atom. The maximum absolute atomic E-state index is 12.1. The third kappa shape index (κ3) is 6.76. The Bertz CT molecular complexity index is 882. The van der Waals surface area contributed by atoms with Crippen LogP contribution in [-0.2, 0) is 14.4 Å². The van der Waals surface area contributed by atoms with E-state index in [2.05, 4.69) is 16.0 Å². The van der Waals surface area contributed by atoms with Gasteiger partial charge in [-0.2, -0.15) is 0 Å². The first-order chi connectivity index (χ1) is 13.8. The van der Waals surface area contributed by atoms with Crippen molar-refractivity contribution in [2.24, 2.45) is 11.7 Å². The number of amides is 3. The molecular formula is C21H28N4O4. The van der Waals surface area contributed by atoms with Gasteiger partial charge in [-0.3, -0.25) is 14.4 Å². The highest BCUT2D eigenvalue weighted by molar-refractivity contribution is 5.99. The molecule has 0 radical (unpaired) electrons. The molecule has 0 aliphatic heterocycles. The van der Waals surface area contributed by atoms with Crippen LogP contribution in [0.1, 0.15) is 20.3 Å². The monoisotopic (exact) mass is 400 g/mol. The minimum Gasteiger partial charge on any atom is -0.496 e. The van der Waals surface area contributed by atoms with Crippen molar-refractivity contribution in [3.8, 4) is 5.75 Å². The quantitative estimate of drug-likeness (QED) is 0.507. The lowest BCUT2D eigenvalue weighted by Gasteiger charge is -2.14. The summed E-state index contributed by atoms with van der Waals surface area (Å²) >= 11 is 0. The largest absolute Gasteiger partial charge is 0.496 e. The van der Waals surface area contributed by atoms with Crippen molar-refractivity contribution in [2.75, 3.05) is 25.5 Å². The predicted octanol–water partition coefficient (Wildman–Crippen LogP) is 1.39. The van der Waals surface area contributed by atoms with Crippen molar-refractivity contribution in [2.45, 2.75) is 26.3 Å². The molecule has 0 saturated heterocycles. The fourth-order valence-electron chi connectivity index (χ4n) is 2.88. The average molecular weight is 400 g/mol. The fraction of sp³-hybridized carbons (Fsp3) is 0.381. The van der Waals surface area contributed by atoms with E-state index in [0.717, 1.165) is 10.8 Å². The smallest absolute Gasteiger partial charge is 0.243 e. The Hall–Kier alpha value is -3.13. The molecule has 1 unspecified atom stereocenters. The number of nitrogens with one attached hydrogen (secondary N) is 3. The Morgan fingerprint density at radius 2 is 1.72 bits per heavy atom. The topological polar surface area (TPSA) is 123 Å². The fourth-order valence-corrected chi connectivity index (χ4v) is 2.88. The van der Waals surface area contributed by atoms with Crippen LogP contribution < -0.4 is 26.4 Å². The van der Waals surface area contributed by atoms with E-state index in [4.69, 9.17) is 10.5 Å². The summed E-state index contributed by atoms with van der Waals surface area (Å²) < 4.78 is 5.37. The summed E-state index contributed by atoms with van der Waals surface area (Å²) in [5, 5.41) is 9.53. The normalized spacial score (nSPS) is 11.8. The van der Waals surface area contributed by atoms with E-state index >= 15 is 0 Å². The minimum absolute atomic E-state index is 0.220. The zero-order valence-corrected chi connectivity index (χ0v) is 17.0. The number of fused-ring (bicyclic) bond motifs is 1. The zero-order chi connectivity index (χ0) is 21.4. The highest BCUT2D eigenvalue weighted by atomic mass is 16.5. The Kier molecular flexibility index (Phi) is 7.97. The highest BCUT2D eigenvalue weighted by Crippen LogP contribution is 2.29. The molecule has 0 aliphatic carbocycles. The molecule has 5 N–H and O–H groups in total. The van der Waals surface area contributed by atoms with Gasteiger partial charge in [0.25, 0.3) is 0 Å². The number of nitrogens with two attached hydrogens (primary N) is 1. The van der Waals surface area contributed by atoms with Crippen molar-refractivity contribution in [1.29, 1.82) is 0 Å². The van der Waals surface area contributed by atoms with Crippen molar-refractivity contribution < 1.29 is 19.1 Å². The van der Waals surface area contributed by atoms with E-state index in [1.54, 1.807) is 13.2 Å². The molecule has 8 nitrogen and oxygen atoms in total. The van der Waals surface area contributed by atoms with Gasteiger partial charge < -0.3 is 26.4 Å². The van der Waals surface area contributed by atoms with E-state index < -0.39 is 17.9 Å². The number of ether oxygens (including phenoxy) is 1. The Labute approximate surface area is 170 Å². The molecule has 0 fully saturated rings. The first kappa shape index (κ1) is 22.2. The van der Waals surface area contributed by atoms with Crippen molar-refractivity contribution in [3.05, 3.63) is 36.4 Å². The summed E-state index contributed by atoms with van der Waals surface area (Å²) in [4.78, 5) is 35.8. The van der Waals surface area contributed by atoms with Gasteiger partial charge in [0.05, 0.1) is 26.2 Å². The Morgan fingerprint density at radius 3 is 2.41 bits per heavy atom. The molecule has 8 heteroatoms. The molecule has 2 aromatic carbocycles. The standard InChI is InChI=1S/C21H28N4O4/c1-13(2)8-17(22)21(28)24-11-19(26)23-12-20(27)25-15-9-14-6-4-5-7-16(14)18(10-15)29-3/h4-7,9-10,13,17H,8,11-12,22H2,1-3H3,(H,23,26)(H,24,28)(H,25,27). The number of hydrogen-bond acceptors (Lipinski definition) is 5. The second-order valence-electron chi connectivity index (χ2n) is 7.18. The van der Waals surface area contributed by atoms with E-state index in [1.807, 2.05) is 44.2 Å². The number of methoxy groups -OCH3 is 1. The van der Waals surface area contributed by atoms with Crippen LogP contribution in [0.15, 0.2) is 36.4 Å². The second kappa shape index (κ2) is 10.4. The van der Waals surface area contributed by atoms with E-state index in [0.29, 0.717) is 17.9 Å². The maximum atomic E-state index is 12.1. The van der Waals surface area contributed by atoms with Gasteiger partial charge in [-0.1, -0.05) is 38.1 Å². The average Bonchev–Trinajstić information content (AvgIpc) is 2.69. The molecule has 156 valence electrons. The van der Waals surface area contributed by atoms with Crippen molar-refractivity contribution in [3.63, 3.8) is 0 Å². The number of anilines is 1. The first-order valence-electron chi connectivity index (χ1n) is 9.46. The van der Waals surface area contributed by atoms with E-state index in [9.17, 15) is 14.4 Å². The maximum Gasteiger partial charge on any atom is 0.243 e. The van der Waals surface area contributed by atoms with Crippen LogP contribution in [0.25, 0.3) is 10.8 Å². The predicted molar refractivity (Wildman–Crippen MR) is 113 cm³/mol. The van der Waals surface area contributed by atoms with E-state index in [-0.39, 0.29) is 24.9 Å². The van der Waals surface area contributed by atoms with Crippen LogP contribution in [0.4, 0.5) is 5.69 Å². The summed E-state index contributed by atoms with van der Waals surface area (Å²) in [6.45, 7) is 3.47. The van der Waals surface area contributed by atoms with Crippen molar-refractivity contribution in [1.82, 2.24) is 10.6 Å². The number of rotatable bonds is 9. The molecule has 29 heavy (non-hydrogen) atoms. The van der Waals surface area contributed by atoms with Gasteiger partial charge >= 0.3 is 0 Å². The molecule has 1 atom stereocenters. The molecule has 0 aromatic heterocycles. The summed E-state index contributed by atoms with van der Waals surface area (Å²) in [7, 11) is 1.56. The SMILES string of the molecule is COc1cc(NC(=O)CNC(=O)CNC(=O)C(N)CC(C)C)cc2ccccc12. The number of carbonyl (C=O) groups excluding carboxylic acids is 3. The summed E-state index contributed by atoms with van der Waals surface area (Å²) in [5.74, 6) is -0.327. The summed E-state index contributed by atoms with van der Waals surface area (Å²) in [6.07, 6.45) is 0.533. The molecule has 2 rings (SSSR count). The Balaban J connectivity index is 1.83. The lowest BCUT2D eigenvalue weighted by atomic mass is 10.0. The van der Waals surface area contributed by atoms with Crippen LogP contribution in [0, 0.1) is 5.92 Å². The number of carbonyl (C=O) groups is 3. The molecule has 2 aromatic rings. The van der Waals surface area contributed by atoms with Gasteiger partial charge in [0.1, 0.15) is 5.75 Å². The van der Waals surface area contributed by atoms with Gasteiger partial charge in [-0.15, -0.1) is 0 Å². The minimum atomic E-state index is -0.658. The highest BCUT2D eigenvalue weighted by Gasteiger charge is 2.16. The molecule has 0 saturated carbocycles. The van der Waals surface area contributed by atoms with Crippen LogP contribution in [0.2, 0.25) is 0 Å². The molecule has 0 aliphatic rings.